The smallest absolute Gasteiger partial charge is 0.137 e. The maximum absolute atomic E-state index is 10.2. The fourth-order valence-corrected chi connectivity index (χ4v) is 2.71. The van der Waals surface area contributed by atoms with Crippen LogP contribution >= 0.6 is 11.8 Å². The standard InChI is InChI=1S/C15H17NO2S/c1-11-5-3-4-6-15(11)19-10-14(17)12-7-13(18-2)9-16-8-12/h3-9,14,17H,10H2,1-2H3. The van der Waals surface area contributed by atoms with Gasteiger partial charge in [-0.25, -0.2) is 0 Å². The number of thioether (sulfide) groups is 1. The maximum Gasteiger partial charge on any atom is 0.137 e. The van der Waals surface area contributed by atoms with E-state index in [4.69, 9.17) is 4.74 Å². The Labute approximate surface area is 117 Å². The minimum Gasteiger partial charge on any atom is -0.495 e. The van der Waals surface area contributed by atoms with Gasteiger partial charge in [-0.1, -0.05) is 18.2 Å². The molecule has 0 aliphatic heterocycles. The van der Waals surface area contributed by atoms with Crippen LogP contribution in [0.5, 0.6) is 5.75 Å². The second-order valence-corrected chi connectivity index (χ2v) is 5.31. The summed E-state index contributed by atoms with van der Waals surface area (Å²) in [6, 6.07) is 9.98. The SMILES string of the molecule is COc1cncc(C(O)CSc2ccccc2C)c1. The number of nitrogens with zero attached hydrogens (tertiary/aromatic N) is 1. The van der Waals surface area contributed by atoms with Crippen LogP contribution in [0.2, 0.25) is 0 Å². The van der Waals surface area contributed by atoms with E-state index in [9.17, 15) is 5.11 Å². The first-order valence-electron chi connectivity index (χ1n) is 6.06. The molecule has 1 heterocycles. The molecule has 19 heavy (non-hydrogen) atoms. The van der Waals surface area contributed by atoms with Gasteiger partial charge in [-0.2, -0.15) is 0 Å². The molecule has 100 valence electrons. The van der Waals surface area contributed by atoms with Crippen molar-refractivity contribution in [3.05, 3.63) is 53.9 Å². The van der Waals surface area contributed by atoms with E-state index in [-0.39, 0.29) is 0 Å². The zero-order valence-electron chi connectivity index (χ0n) is 11.0. The van der Waals surface area contributed by atoms with E-state index in [1.165, 1.54) is 10.5 Å². The number of ether oxygens (including phenoxy) is 1. The fourth-order valence-electron chi connectivity index (χ4n) is 1.71. The topological polar surface area (TPSA) is 42.4 Å². The largest absolute Gasteiger partial charge is 0.495 e. The molecule has 2 aromatic rings. The minimum atomic E-state index is -0.549. The van der Waals surface area contributed by atoms with Gasteiger partial charge in [0.2, 0.25) is 0 Å². The van der Waals surface area contributed by atoms with Crippen molar-refractivity contribution in [2.75, 3.05) is 12.9 Å². The molecule has 1 unspecified atom stereocenters. The molecule has 0 saturated carbocycles. The normalized spacial score (nSPS) is 12.2. The molecule has 0 spiro atoms. The summed E-state index contributed by atoms with van der Waals surface area (Å²) in [7, 11) is 1.59. The molecule has 0 aliphatic carbocycles. The van der Waals surface area contributed by atoms with Gasteiger partial charge in [0.05, 0.1) is 19.4 Å². The number of aryl methyl sites for hydroxylation is 1. The zero-order chi connectivity index (χ0) is 13.7. The first-order valence-corrected chi connectivity index (χ1v) is 7.04. The third-order valence-electron chi connectivity index (χ3n) is 2.85. The third kappa shape index (κ3) is 3.72. The van der Waals surface area contributed by atoms with Crippen LogP contribution in [0.25, 0.3) is 0 Å². The number of pyridine rings is 1. The summed E-state index contributed by atoms with van der Waals surface area (Å²) in [5, 5.41) is 10.2. The summed E-state index contributed by atoms with van der Waals surface area (Å²) >= 11 is 1.64. The predicted molar refractivity (Wildman–Crippen MR) is 77.7 cm³/mol. The molecule has 1 N–H and O–H groups in total. The van der Waals surface area contributed by atoms with Gasteiger partial charge in [-0.3, -0.25) is 4.98 Å². The highest BCUT2D eigenvalue weighted by Crippen LogP contribution is 2.27. The molecule has 4 heteroatoms. The van der Waals surface area contributed by atoms with Crippen molar-refractivity contribution in [2.24, 2.45) is 0 Å². The van der Waals surface area contributed by atoms with Crippen LogP contribution in [0.3, 0.4) is 0 Å². The third-order valence-corrected chi connectivity index (χ3v) is 4.10. The Morgan fingerprint density at radius 2 is 2.11 bits per heavy atom. The molecule has 0 aliphatic rings. The molecule has 1 aromatic heterocycles. The lowest BCUT2D eigenvalue weighted by atomic mass is 10.2. The lowest BCUT2D eigenvalue weighted by molar-refractivity contribution is 0.203. The van der Waals surface area contributed by atoms with E-state index < -0.39 is 6.10 Å². The Morgan fingerprint density at radius 1 is 1.32 bits per heavy atom. The highest BCUT2D eigenvalue weighted by atomic mass is 32.2. The molecule has 1 aromatic carbocycles. The van der Waals surface area contributed by atoms with Crippen molar-refractivity contribution in [1.29, 1.82) is 0 Å². The Hall–Kier alpha value is -1.52. The van der Waals surface area contributed by atoms with E-state index in [1.807, 2.05) is 18.2 Å². The molecule has 0 radical (unpaired) electrons. The molecule has 0 fully saturated rings. The van der Waals surface area contributed by atoms with Crippen LogP contribution in [-0.4, -0.2) is 23.0 Å². The monoisotopic (exact) mass is 275 g/mol. The Bertz CT molecular complexity index is 545. The predicted octanol–water partition coefficient (Wildman–Crippen LogP) is 3.22. The molecule has 0 amide bonds. The van der Waals surface area contributed by atoms with Crippen molar-refractivity contribution in [3.63, 3.8) is 0 Å². The molecule has 0 saturated heterocycles. The van der Waals surface area contributed by atoms with Gasteiger partial charge in [0.25, 0.3) is 0 Å². The highest BCUT2D eigenvalue weighted by Gasteiger charge is 2.10. The Morgan fingerprint density at radius 3 is 2.84 bits per heavy atom. The summed E-state index contributed by atoms with van der Waals surface area (Å²) in [5.74, 6) is 1.26. The summed E-state index contributed by atoms with van der Waals surface area (Å²) in [4.78, 5) is 5.25. The lowest BCUT2D eigenvalue weighted by Crippen LogP contribution is -2.02. The Kier molecular flexibility index (Phi) is 4.82. The summed E-state index contributed by atoms with van der Waals surface area (Å²) < 4.78 is 5.11. The van der Waals surface area contributed by atoms with E-state index in [0.29, 0.717) is 11.5 Å². The molecular weight excluding hydrogens is 258 g/mol. The quantitative estimate of drug-likeness (QED) is 0.851. The number of aliphatic hydroxyl groups excluding tert-OH is 1. The fraction of sp³-hybridized carbons (Fsp3) is 0.267. The number of rotatable bonds is 5. The molecular formula is C15H17NO2S. The van der Waals surface area contributed by atoms with Gasteiger partial charge in [0, 0.05) is 22.4 Å². The van der Waals surface area contributed by atoms with Gasteiger partial charge in [-0.05, 0) is 24.6 Å². The molecule has 3 nitrogen and oxygen atoms in total. The van der Waals surface area contributed by atoms with Crippen LogP contribution in [0, 0.1) is 6.92 Å². The van der Waals surface area contributed by atoms with Crippen molar-refractivity contribution in [2.45, 2.75) is 17.9 Å². The van der Waals surface area contributed by atoms with E-state index in [0.717, 1.165) is 5.56 Å². The van der Waals surface area contributed by atoms with Gasteiger partial charge in [0.15, 0.2) is 0 Å². The number of hydrogen-bond donors (Lipinski definition) is 1. The summed E-state index contributed by atoms with van der Waals surface area (Å²) in [6.45, 7) is 2.07. The van der Waals surface area contributed by atoms with E-state index in [1.54, 1.807) is 31.3 Å². The van der Waals surface area contributed by atoms with Crippen molar-refractivity contribution in [1.82, 2.24) is 4.98 Å². The lowest BCUT2D eigenvalue weighted by Gasteiger charge is -2.12. The van der Waals surface area contributed by atoms with Crippen molar-refractivity contribution in [3.8, 4) is 5.75 Å². The molecule has 0 bridgehead atoms. The number of hydrogen-bond acceptors (Lipinski definition) is 4. The molecule has 2 rings (SSSR count). The van der Waals surface area contributed by atoms with Crippen molar-refractivity contribution >= 4 is 11.8 Å². The summed E-state index contributed by atoms with van der Waals surface area (Å²) in [5.41, 5.74) is 2.00. The van der Waals surface area contributed by atoms with E-state index in [2.05, 4.69) is 24.0 Å². The number of benzene rings is 1. The van der Waals surface area contributed by atoms with Gasteiger partial charge in [-0.15, -0.1) is 11.8 Å². The van der Waals surface area contributed by atoms with Crippen LogP contribution in [0.15, 0.2) is 47.6 Å². The van der Waals surface area contributed by atoms with Gasteiger partial charge in [0.1, 0.15) is 5.75 Å². The second-order valence-electron chi connectivity index (χ2n) is 4.25. The highest BCUT2D eigenvalue weighted by molar-refractivity contribution is 7.99. The number of aliphatic hydroxyl groups is 1. The van der Waals surface area contributed by atoms with E-state index >= 15 is 0 Å². The van der Waals surface area contributed by atoms with Gasteiger partial charge >= 0.3 is 0 Å². The average Bonchev–Trinajstić information content (AvgIpc) is 2.46. The van der Waals surface area contributed by atoms with Crippen LogP contribution < -0.4 is 4.74 Å². The first kappa shape index (κ1) is 13.9. The first-order chi connectivity index (χ1) is 9.20. The maximum atomic E-state index is 10.2. The van der Waals surface area contributed by atoms with Crippen LogP contribution in [0.1, 0.15) is 17.2 Å². The van der Waals surface area contributed by atoms with Crippen LogP contribution in [-0.2, 0) is 0 Å². The average molecular weight is 275 g/mol. The minimum absolute atomic E-state index is 0.549. The zero-order valence-corrected chi connectivity index (χ0v) is 11.9. The summed E-state index contributed by atoms with van der Waals surface area (Å²) in [6.07, 6.45) is 2.75. The second kappa shape index (κ2) is 6.59. The van der Waals surface area contributed by atoms with Crippen molar-refractivity contribution < 1.29 is 9.84 Å². The molecule has 1 atom stereocenters. The van der Waals surface area contributed by atoms with Gasteiger partial charge < -0.3 is 9.84 Å². The number of methoxy groups -OCH3 is 1. The van der Waals surface area contributed by atoms with Crippen LogP contribution in [0.4, 0.5) is 0 Å². The Balaban J connectivity index is 2.01. The number of aromatic nitrogens is 1.